The third-order valence-corrected chi connectivity index (χ3v) is 2.13. The molecule has 0 fully saturated rings. The lowest BCUT2D eigenvalue weighted by Gasteiger charge is -2.29. The Balaban J connectivity index is 2.54. The Morgan fingerprint density at radius 3 is 2.92 bits per heavy atom. The van der Waals surface area contributed by atoms with Crippen molar-refractivity contribution in [3.05, 3.63) is 24.3 Å². The fourth-order valence-electron chi connectivity index (χ4n) is 1.41. The van der Waals surface area contributed by atoms with E-state index in [9.17, 15) is 0 Å². The molecule has 2 heteroatoms. The van der Waals surface area contributed by atoms with Crippen molar-refractivity contribution >= 4 is 0 Å². The van der Waals surface area contributed by atoms with Gasteiger partial charge >= 0.3 is 0 Å². The van der Waals surface area contributed by atoms with Gasteiger partial charge in [-0.1, -0.05) is 31.2 Å². The van der Waals surface area contributed by atoms with Crippen molar-refractivity contribution in [2.75, 3.05) is 13.6 Å². The summed E-state index contributed by atoms with van der Waals surface area (Å²) in [6.45, 7) is 3.10. The average Bonchev–Trinajstić information content (AvgIpc) is 2.03. The molecule has 0 saturated carbocycles. The molecule has 1 heterocycles. The van der Waals surface area contributed by atoms with E-state index in [2.05, 4.69) is 43.2 Å². The van der Waals surface area contributed by atoms with Gasteiger partial charge in [0.1, 0.15) is 0 Å². The number of rotatable bonds is 2. The van der Waals surface area contributed by atoms with E-state index < -0.39 is 0 Å². The lowest BCUT2D eigenvalue weighted by Crippen LogP contribution is -2.42. The van der Waals surface area contributed by atoms with Gasteiger partial charge in [0.15, 0.2) is 0 Å². The minimum atomic E-state index is 0.210. The molecule has 2 atom stereocenters. The highest BCUT2D eigenvalue weighted by Gasteiger charge is 2.15. The smallest absolute Gasteiger partial charge is 0.0460 e. The van der Waals surface area contributed by atoms with Gasteiger partial charge in [-0.3, -0.25) is 4.90 Å². The van der Waals surface area contributed by atoms with Crippen molar-refractivity contribution in [2.45, 2.75) is 25.4 Å². The van der Waals surface area contributed by atoms with E-state index in [1.165, 1.54) is 0 Å². The zero-order valence-corrected chi connectivity index (χ0v) is 7.90. The Morgan fingerprint density at radius 1 is 1.58 bits per heavy atom. The topological polar surface area (TPSA) is 29.3 Å². The van der Waals surface area contributed by atoms with Crippen LogP contribution in [-0.2, 0) is 0 Å². The third-order valence-electron chi connectivity index (χ3n) is 2.13. The molecule has 0 spiro atoms. The van der Waals surface area contributed by atoms with Crippen LogP contribution in [0.3, 0.4) is 0 Å². The monoisotopic (exact) mass is 166 g/mol. The predicted octanol–water partition coefficient (Wildman–Crippen LogP) is 1.15. The quantitative estimate of drug-likeness (QED) is 0.623. The molecule has 2 nitrogen and oxygen atoms in total. The van der Waals surface area contributed by atoms with E-state index in [4.69, 9.17) is 5.73 Å². The molecule has 1 rings (SSSR count). The van der Waals surface area contributed by atoms with Gasteiger partial charge < -0.3 is 5.73 Å². The molecule has 0 aromatic heterocycles. The summed E-state index contributed by atoms with van der Waals surface area (Å²) in [5.41, 5.74) is 5.76. The van der Waals surface area contributed by atoms with Gasteiger partial charge in [-0.15, -0.1) is 0 Å². The summed E-state index contributed by atoms with van der Waals surface area (Å²) in [5.74, 6) is 0. The van der Waals surface area contributed by atoms with Crippen LogP contribution < -0.4 is 5.73 Å². The molecule has 12 heavy (non-hydrogen) atoms. The van der Waals surface area contributed by atoms with Gasteiger partial charge in [-0.05, 0) is 13.5 Å². The Bertz CT molecular complexity index is 184. The molecule has 0 bridgehead atoms. The normalized spacial score (nSPS) is 31.6. The minimum Gasteiger partial charge on any atom is -0.323 e. The van der Waals surface area contributed by atoms with Gasteiger partial charge in [0.05, 0.1) is 0 Å². The first-order valence-corrected chi connectivity index (χ1v) is 4.55. The summed E-state index contributed by atoms with van der Waals surface area (Å²) in [7, 11) is 2.11. The molecule has 0 aliphatic carbocycles. The van der Waals surface area contributed by atoms with Crippen LogP contribution in [0.4, 0.5) is 0 Å². The SMILES string of the molecule is CC/C=C/C1C=CC(N)CN1C. The average molecular weight is 166 g/mol. The molecular weight excluding hydrogens is 148 g/mol. The van der Waals surface area contributed by atoms with E-state index in [0.29, 0.717) is 6.04 Å². The number of nitrogens with zero attached hydrogens (tertiary/aromatic N) is 1. The molecule has 0 aromatic carbocycles. The molecule has 0 amide bonds. The van der Waals surface area contributed by atoms with Gasteiger partial charge in [0, 0.05) is 18.6 Å². The Morgan fingerprint density at radius 2 is 2.33 bits per heavy atom. The van der Waals surface area contributed by atoms with Gasteiger partial charge in [-0.2, -0.15) is 0 Å². The van der Waals surface area contributed by atoms with E-state index >= 15 is 0 Å². The van der Waals surface area contributed by atoms with Gasteiger partial charge in [-0.25, -0.2) is 0 Å². The molecule has 2 unspecified atom stereocenters. The predicted molar refractivity (Wildman–Crippen MR) is 53.0 cm³/mol. The number of nitrogens with two attached hydrogens (primary N) is 1. The van der Waals surface area contributed by atoms with Gasteiger partial charge in [0.2, 0.25) is 0 Å². The minimum absolute atomic E-state index is 0.210. The number of hydrogen-bond acceptors (Lipinski definition) is 2. The van der Waals surface area contributed by atoms with Crippen LogP contribution in [0.15, 0.2) is 24.3 Å². The maximum absolute atomic E-state index is 5.76. The van der Waals surface area contributed by atoms with Crippen molar-refractivity contribution in [2.24, 2.45) is 5.73 Å². The summed E-state index contributed by atoms with van der Waals surface area (Å²) >= 11 is 0. The molecule has 0 saturated heterocycles. The van der Waals surface area contributed by atoms with Crippen molar-refractivity contribution in [1.29, 1.82) is 0 Å². The van der Waals surface area contributed by atoms with Crippen molar-refractivity contribution in [1.82, 2.24) is 4.90 Å². The second-order valence-electron chi connectivity index (χ2n) is 3.32. The first kappa shape index (κ1) is 9.49. The fraction of sp³-hybridized carbons (Fsp3) is 0.600. The third kappa shape index (κ3) is 2.47. The first-order valence-electron chi connectivity index (χ1n) is 4.55. The highest BCUT2D eigenvalue weighted by atomic mass is 15.1. The van der Waals surface area contributed by atoms with E-state index in [1.54, 1.807) is 0 Å². The van der Waals surface area contributed by atoms with E-state index in [1.807, 2.05) is 0 Å². The summed E-state index contributed by atoms with van der Waals surface area (Å²) < 4.78 is 0. The highest BCUT2D eigenvalue weighted by Crippen LogP contribution is 2.08. The largest absolute Gasteiger partial charge is 0.323 e. The molecule has 2 N–H and O–H groups in total. The maximum Gasteiger partial charge on any atom is 0.0460 e. The van der Waals surface area contributed by atoms with Crippen molar-refractivity contribution in [3.8, 4) is 0 Å². The Hall–Kier alpha value is -0.600. The summed E-state index contributed by atoms with van der Waals surface area (Å²) in [6.07, 6.45) is 9.78. The van der Waals surface area contributed by atoms with Crippen LogP contribution in [0, 0.1) is 0 Å². The number of likely N-dealkylation sites (N-methyl/N-ethyl adjacent to an activating group) is 1. The van der Waals surface area contributed by atoms with Crippen LogP contribution >= 0.6 is 0 Å². The molecule has 1 aliphatic heterocycles. The first-order chi connectivity index (χ1) is 5.74. The van der Waals surface area contributed by atoms with Crippen LogP contribution in [0.1, 0.15) is 13.3 Å². The number of allylic oxidation sites excluding steroid dienone is 1. The summed E-state index contributed by atoms with van der Waals surface area (Å²) in [4.78, 5) is 2.26. The summed E-state index contributed by atoms with van der Waals surface area (Å²) in [6, 6.07) is 0.658. The second kappa shape index (κ2) is 4.43. The molecular formula is C10H18N2. The number of hydrogen-bond donors (Lipinski definition) is 1. The Kier molecular flexibility index (Phi) is 3.50. The molecule has 0 aromatic rings. The Labute approximate surface area is 74.7 Å². The second-order valence-corrected chi connectivity index (χ2v) is 3.32. The molecule has 0 radical (unpaired) electrons. The molecule has 1 aliphatic rings. The standard InChI is InChI=1S/C10H18N2/c1-3-4-5-10-7-6-9(11)8-12(10)2/h4-7,9-10H,3,8,11H2,1-2H3/b5-4+. The van der Waals surface area contributed by atoms with Crippen LogP contribution in [0.5, 0.6) is 0 Å². The van der Waals surface area contributed by atoms with Crippen LogP contribution in [0.2, 0.25) is 0 Å². The van der Waals surface area contributed by atoms with Crippen molar-refractivity contribution < 1.29 is 0 Å². The fourth-order valence-corrected chi connectivity index (χ4v) is 1.41. The van der Waals surface area contributed by atoms with Crippen LogP contribution in [0.25, 0.3) is 0 Å². The zero-order chi connectivity index (χ0) is 8.97. The summed E-state index contributed by atoms with van der Waals surface area (Å²) in [5, 5.41) is 0. The lowest BCUT2D eigenvalue weighted by molar-refractivity contribution is 0.296. The zero-order valence-electron chi connectivity index (χ0n) is 7.90. The molecule has 68 valence electrons. The highest BCUT2D eigenvalue weighted by molar-refractivity contribution is 5.12. The van der Waals surface area contributed by atoms with E-state index in [0.717, 1.165) is 13.0 Å². The van der Waals surface area contributed by atoms with E-state index in [-0.39, 0.29) is 6.04 Å². The maximum atomic E-state index is 5.76. The van der Waals surface area contributed by atoms with Crippen molar-refractivity contribution in [3.63, 3.8) is 0 Å². The lowest BCUT2D eigenvalue weighted by atomic mass is 10.1. The van der Waals surface area contributed by atoms with Gasteiger partial charge in [0.25, 0.3) is 0 Å². The van der Waals surface area contributed by atoms with Crippen LogP contribution in [-0.4, -0.2) is 30.6 Å².